The van der Waals surface area contributed by atoms with E-state index in [9.17, 15) is 8.42 Å². The van der Waals surface area contributed by atoms with Gasteiger partial charge in [-0.15, -0.1) is 0 Å². The number of rotatable bonds is 4. The first-order chi connectivity index (χ1) is 7.36. The van der Waals surface area contributed by atoms with Crippen LogP contribution in [0.4, 0.5) is 0 Å². The summed E-state index contributed by atoms with van der Waals surface area (Å²) in [5, 5.41) is 0. The zero-order valence-electron chi connectivity index (χ0n) is 10.1. The summed E-state index contributed by atoms with van der Waals surface area (Å²) in [6.07, 6.45) is 1.25. The molecule has 1 atom stereocenters. The molecule has 0 spiro atoms. The van der Waals surface area contributed by atoms with Gasteiger partial charge in [0.2, 0.25) is 10.0 Å². The van der Waals surface area contributed by atoms with Gasteiger partial charge in [-0.3, -0.25) is 4.90 Å². The summed E-state index contributed by atoms with van der Waals surface area (Å²) in [7, 11) is -1.45. The molecule has 1 aliphatic rings. The predicted octanol–water partition coefficient (Wildman–Crippen LogP) is 0.112. The fourth-order valence-corrected chi connectivity index (χ4v) is 2.62. The van der Waals surface area contributed by atoms with Crippen LogP contribution in [-0.4, -0.2) is 63.2 Å². The van der Waals surface area contributed by atoms with E-state index in [1.165, 1.54) is 10.6 Å². The van der Waals surface area contributed by atoms with Crippen LogP contribution >= 0.6 is 0 Å². The molecule has 16 heavy (non-hydrogen) atoms. The molecular weight excluding hydrogens is 228 g/mol. The quantitative estimate of drug-likeness (QED) is 0.663. The molecule has 0 aromatic rings. The van der Waals surface area contributed by atoms with E-state index in [2.05, 4.69) is 11.5 Å². The molecule has 0 radical (unpaired) electrons. The van der Waals surface area contributed by atoms with Gasteiger partial charge in [-0.05, 0) is 6.92 Å². The minimum Gasteiger partial charge on any atom is -0.500 e. The Hall–Kier alpha value is -0.590. The highest BCUT2D eigenvalue weighted by Crippen LogP contribution is 2.13. The Bertz CT molecular complexity index is 345. The molecule has 1 saturated heterocycles. The maximum atomic E-state index is 11.3. The molecule has 6 heteroatoms. The third-order valence-electron chi connectivity index (χ3n) is 3.02. The number of ether oxygens (including phenoxy) is 1. The summed E-state index contributed by atoms with van der Waals surface area (Å²) >= 11 is 0. The number of nitrogens with zero attached hydrogens (tertiary/aromatic N) is 2. The zero-order valence-corrected chi connectivity index (χ0v) is 11.0. The van der Waals surface area contributed by atoms with E-state index in [1.807, 2.05) is 6.92 Å². The summed E-state index contributed by atoms with van der Waals surface area (Å²) in [4.78, 5) is 2.17. The first-order valence-corrected chi connectivity index (χ1v) is 7.13. The van der Waals surface area contributed by atoms with E-state index in [-0.39, 0.29) is 6.04 Å². The molecule has 94 valence electrons. The van der Waals surface area contributed by atoms with Crippen molar-refractivity contribution in [3.05, 3.63) is 12.3 Å². The average molecular weight is 248 g/mol. The van der Waals surface area contributed by atoms with Gasteiger partial charge >= 0.3 is 0 Å². The van der Waals surface area contributed by atoms with Crippen molar-refractivity contribution in [2.45, 2.75) is 13.0 Å². The van der Waals surface area contributed by atoms with Crippen LogP contribution in [-0.2, 0) is 14.8 Å². The lowest BCUT2D eigenvalue weighted by atomic mass is 10.2. The lowest BCUT2D eigenvalue weighted by Crippen LogP contribution is -2.51. The Morgan fingerprint density at radius 3 is 2.19 bits per heavy atom. The van der Waals surface area contributed by atoms with Crippen molar-refractivity contribution in [1.82, 2.24) is 9.21 Å². The topological polar surface area (TPSA) is 49.9 Å². The number of sulfonamides is 1. The van der Waals surface area contributed by atoms with Gasteiger partial charge in [0, 0.05) is 26.2 Å². The first-order valence-electron chi connectivity index (χ1n) is 5.28. The van der Waals surface area contributed by atoms with E-state index >= 15 is 0 Å². The van der Waals surface area contributed by atoms with Crippen LogP contribution < -0.4 is 0 Å². The van der Waals surface area contributed by atoms with Crippen LogP contribution in [0.5, 0.6) is 0 Å². The molecule has 0 aliphatic carbocycles. The maximum Gasteiger partial charge on any atom is 0.211 e. The molecule has 0 aromatic carbocycles. The number of hydrogen-bond acceptors (Lipinski definition) is 4. The summed E-state index contributed by atoms with van der Waals surface area (Å²) in [6, 6.07) is 0.131. The highest BCUT2D eigenvalue weighted by Gasteiger charge is 2.26. The minimum absolute atomic E-state index is 0.131. The van der Waals surface area contributed by atoms with Crippen molar-refractivity contribution in [2.24, 2.45) is 0 Å². The van der Waals surface area contributed by atoms with Crippen molar-refractivity contribution in [3.8, 4) is 0 Å². The Labute approximate surface area is 97.7 Å². The normalized spacial score (nSPS) is 21.7. The molecule has 0 N–H and O–H groups in total. The fourth-order valence-electron chi connectivity index (χ4n) is 1.80. The Kier molecular flexibility index (Phi) is 4.35. The molecular formula is C10H20N2O3S. The van der Waals surface area contributed by atoms with Gasteiger partial charge in [0.25, 0.3) is 0 Å². The maximum absolute atomic E-state index is 11.3. The van der Waals surface area contributed by atoms with E-state index in [1.54, 1.807) is 7.11 Å². The average Bonchev–Trinajstić information content (AvgIpc) is 2.26. The Balaban J connectivity index is 2.52. The second-order valence-electron chi connectivity index (χ2n) is 4.04. The monoisotopic (exact) mass is 248 g/mol. The standard InChI is InChI=1S/C10H20N2O3S/c1-9(10(2)15-3)11-5-7-12(8-6-11)16(4,13)14/h9H,2,5-8H2,1,3-4H3/t9-/m0/s1. The van der Waals surface area contributed by atoms with E-state index in [4.69, 9.17) is 4.74 Å². The van der Waals surface area contributed by atoms with Crippen LogP contribution in [0.2, 0.25) is 0 Å². The smallest absolute Gasteiger partial charge is 0.211 e. The minimum atomic E-state index is -3.05. The highest BCUT2D eigenvalue weighted by molar-refractivity contribution is 7.88. The highest BCUT2D eigenvalue weighted by atomic mass is 32.2. The van der Waals surface area contributed by atoms with Gasteiger partial charge in [-0.25, -0.2) is 8.42 Å². The van der Waals surface area contributed by atoms with Gasteiger partial charge in [-0.2, -0.15) is 4.31 Å². The SMILES string of the molecule is C=C(OC)[C@H](C)N1CCN(S(C)(=O)=O)CC1. The molecule has 0 saturated carbocycles. The molecule has 1 heterocycles. The van der Waals surface area contributed by atoms with Crippen molar-refractivity contribution in [2.75, 3.05) is 39.5 Å². The van der Waals surface area contributed by atoms with Gasteiger partial charge in [0.05, 0.1) is 19.4 Å². The number of methoxy groups -OCH3 is 1. The summed E-state index contributed by atoms with van der Waals surface area (Å²) < 4.78 is 29.2. The third-order valence-corrected chi connectivity index (χ3v) is 4.32. The zero-order chi connectivity index (χ0) is 12.3. The van der Waals surface area contributed by atoms with E-state index in [0.717, 1.165) is 13.1 Å². The summed E-state index contributed by atoms with van der Waals surface area (Å²) in [5.74, 6) is 0.716. The predicted molar refractivity (Wildman–Crippen MR) is 63.6 cm³/mol. The molecule has 0 unspecified atom stereocenters. The number of hydrogen-bond donors (Lipinski definition) is 0. The van der Waals surface area contributed by atoms with Gasteiger partial charge < -0.3 is 4.74 Å². The Morgan fingerprint density at radius 2 is 1.81 bits per heavy atom. The summed E-state index contributed by atoms with van der Waals surface area (Å²) in [6.45, 7) is 8.36. The second-order valence-corrected chi connectivity index (χ2v) is 6.03. The molecule has 5 nitrogen and oxygen atoms in total. The van der Waals surface area contributed by atoms with Crippen LogP contribution in [0.3, 0.4) is 0 Å². The van der Waals surface area contributed by atoms with Gasteiger partial charge in [0.15, 0.2) is 0 Å². The molecule has 1 aliphatic heterocycles. The summed E-state index contributed by atoms with van der Waals surface area (Å²) in [5.41, 5.74) is 0. The molecule has 0 aromatic heterocycles. The van der Waals surface area contributed by atoms with Crippen molar-refractivity contribution in [1.29, 1.82) is 0 Å². The molecule has 0 amide bonds. The van der Waals surface area contributed by atoms with E-state index < -0.39 is 10.0 Å². The van der Waals surface area contributed by atoms with Gasteiger partial charge in [-0.1, -0.05) is 6.58 Å². The van der Waals surface area contributed by atoms with Gasteiger partial charge in [0.1, 0.15) is 5.76 Å². The van der Waals surface area contributed by atoms with Crippen LogP contribution in [0.15, 0.2) is 12.3 Å². The van der Waals surface area contributed by atoms with Crippen LogP contribution in [0, 0.1) is 0 Å². The van der Waals surface area contributed by atoms with Crippen LogP contribution in [0.25, 0.3) is 0 Å². The van der Waals surface area contributed by atoms with Crippen molar-refractivity contribution >= 4 is 10.0 Å². The Morgan fingerprint density at radius 1 is 1.31 bits per heavy atom. The van der Waals surface area contributed by atoms with Crippen molar-refractivity contribution < 1.29 is 13.2 Å². The lowest BCUT2D eigenvalue weighted by Gasteiger charge is -2.37. The fraction of sp³-hybridized carbons (Fsp3) is 0.800. The molecule has 1 fully saturated rings. The molecule has 1 rings (SSSR count). The largest absolute Gasteiger partial charge is 0.500 e. The number of piperazine rings is 1. The second kappa shape index (κ2) is 5.16. The van der Waals surface area contributed by atoms with E-state index in [0.29, 0.717) is 18.8 Å². The first kappa shape index (κ1) is 13.5. The van der Waals surface area contributed by atoms with Crippen molar-refractivity contribution in [3.63, 3.8) is 0 Å². The molecule has 0 bridgehead atoms. The van der Waals surface area contributed by atoms with Crippen LogP contribution in [0.1, 0.15) is 6.92 Å². The third kappa shape index (κ3) is 3.20. The lowest BCUT2D eigenvalue weighted by molar-refractivity contribution is 0.123.